The largest absolute Gasteiger partial charge is 0.481 e. The fourth-order valence-corrected chi connectivity index (χ4v) is 2.39. The van der Waals surface area contributed by atoms with Gasteiger partial charge in [0, 0.05) is 34.1 Å². The maximum Gasteiger partial charge on any atom is 0.213 e. The highest BCUT2D eigenvalue weighted by atomic mass is 32.2. The minimum atomic E-state index is -0.936. The van der Waals surface area contributed by atoms with E-state index in [0.29, 0.717) is 5.88 Å². The highest BCUT2D eigenvalue weighted by Gasteiger charge is 2.06. The fourth-order valence-electron chi connectivity index (χ4n) is 1.87. The molecule has 0 saturated carbocycles. The molecule has 2 rings (SSSR count). The van der Waals surface area contributed by atoms with E-state index in [1.165, 1.54) is 0 Å². The zero-order chi connectivity index (χ0) is 14.5. The van der Waals surface area contributed by atoms with Crippen LogP contribution in [0.2, 0.25) is 0 Å². The van der Waals surface area contributed by atoms with Crippen LogP contribution in [-0.4, -0.2) is 22.6 Å². The van der Waals surface area contributed by atoms with Crippen molar-refractivity contribution in [3.8, 4) is 5.88 Å². The van der Waals surface area contributed by atoms with Crippen LogP contribution in [0.15, 0.2) is 47.5 Å². The number of hydrogen-bond acceptors (Lipinski definition) is 4. The number of nitrogens with zero attached hydrogens (tertiary/aromatic N) is 1. The number of pyridine rings is 1. The molecule has 0 spiro atoms. The number of aromatic nitrogens is 1. The van der Waals surface area contributed by atoms with Gasteiger partial charge in [-0.25, -0.2) is 4.98 Å². The lowest BCUT2D eigenvalue weighted by molar-refractivity contribution is 0.398. The second-order valence-corrected chi connectivity index (χ2v) is 5.86. The Kier molecular flexibility index (Phi) is 4.74. The molecule has 1 aromatic heterocycles. The van der Waals surface area contributed by atoms with E-state index in [-0.39, 0.29) is 6.04 Å². The molecule has 0 bridgehead atoms. The lowest BCUT2D eigenvalue weighted by Crippen LogP contribution is -2.07. The van der Waals surface area contributed by atoms with Gasteiger partial charge in [0.25, 0.3) is 0 Å². The predicted molar refractivity (Wildman–Crippen MR) is 81.6 cm³/mol. The van der Waals surface area contributed by atoms with E-state index in [1.54, 1.807) is 19.6 Å². The maximum absolute atomic E-state index is 11.4. The monoisotopic (exact) mass is 290 g/mol. The van der Waals surface area contributed by atoms with E-state index in [4.69, 9.17) is 4.74 Å². The Morgan fingerprint density at radius 3 is 2.40 bits per heavy atom. The smallest absolute Gasteiger partial charge is 0.213 e. The Morgan fingerprint density at radius 2 is 1.90 bits per heavy atom. The van der Waals surface area contributed by atoms with Crippen LogP contribution in [0, 0.1) is 0 Å². The molecule has 0 amide bonds. The molecule has 0 aliphatic heterocycles. The van der Waals surface area contributed by atoms with E-state index in [1.807, 2.05) is 36.4 Å². The van der Waals surface area contributed by atoms with Crippen molar-refractivity contribution in [2.24, 2.45) is 0 Å². The normalized spacial score (nSPS) is 13.6. The molecular weight excluding hydrogens is 272 g/mol. The summed E-state index contributed by atoms with van der Waals surface area (Å²) in [6.45, 7) is 2.07. The SMILES string of the molecule is COc1ccc(N[C@H](C)c2ccc([S@@](C)=O)cc2)cn1. The van der Waals surface area contributed by atoms with Crippen LogP contribution in [0.1, 0.15) is 18.5 Å². The number of anilines is 1. The van der Waals surface area contributed by atoms with Crippen molar-refractivity contribution in [2.75, 3.05) is 18.7 Å². The standard InChI is InChI=1S/C15H18N2O2S/c1-11(12-4-7-14(8-5-12)20(3)18)17-13-6-9-15(19-2)16-10-13/h4-11,17H,1-3H3/t11-,20-/m1/s1. The topological polar surface area (TPSA) is 51.2 Å². The van der Waals surface area contributed by atoms with Crippen molar-refractivity contribution in [3.05, 3.63) is 48.2 Å². The molecule has 4 nitrogen and oxygen atoms in total. The number of rotatable bonds is 5. The predicted octanol–water partition coefficient (Wildman–Crippen LogP) is 3.00. The van der Waals surface area contributed by atoms with E-state index in [0.717, 1.165) is 16.1 Å². The molecule has 0 aliphatic rings. The van der Waals surface area contributed by atoms with Crippen molar-refractivity contribution in [1.82, 2.24) is 4.98 Å². The van der Waals surface area contributed by atoms with Crippen LogP contribution in [0.4, 0.5) is 5.69 Å². The van der Waals surface area contributed by atoms with E-state index in [2.05, 4.69) is 17.2 Å². The molecule has 0 saturated heterocycles. The average molecular weight is 290 g/mol. The Morgan fingerprint density at radius 1 is 1.20 bits per heavy atom. The molecule has 5 heteroatoms. The third-order valence-corrected chi connectivity index (χ3v) is 3.98. The second kappa shape index (κ2) is 6.52. The van der Waals surface area contributed by atoms with Crippen LogP contribution in [0.3, 0.4) is 0 Å². The van der Waals surface area contributed by atoms with Gasteiger partial charge in [-0.3, -0.25) is 4.21 Å². The summed E-state index contributed by atoms with van der Waals surface area (Å²) < 4.78 is 16.4. The minimum Gasteiger partial charge on any atom is -0.481 e. The van der Waals surface area contributed by atoms with Crippen LogP contribution < -0.4 is 10.1 Å². The van der Waals surface area contributed by atoms with Crippen molar-refractivity contribution in [3.63, 3.8) is 0 Å². The van der Waals surface area contributed by atoms with Gasteiger partial charge in [0.15, 0.2) is 0 Å². The number of hydrogen-bond donors (Lipinski definition) is 1. The Bertz CT molecular complexity index is 582. The summed E-state index contributed by atoms with van der Waals surface area (Å²) in [6, 6.07) is 11.7. The molecule has 1 aromatic carbocycles. The Labute approximate surface area is 121 Å². The van der Waals surface area contributed by atoms with Crippen LogP contribution >= 0.6 is 0 Å². The van der Waals surface area contributed by atoms with Gasteiger partial charge in [-0.05, 0) is 30.7 Å². The van der Waals surface area contributed by atoms with E-state index >= 15 is 0 Å². The van der Waals surface area contributed by atoms with E-state index in [9.17, 15) is 4.21 Å². The first-order valence-electron chi connectivity index (χ1n) is 6.30. The first-order valence-corrected chi connectivity index (χ1v) is 7.86. The van der Waals surface area contributed by atoms with Crippen molar-refractivity contribution >= 4 is 16.5 Å². The van der Waals surface area contributed by atoms with Gasteiger partial charge in [-0.2, -0.15) is 0 Å². The molecule has 0 radical (unpaired) electrons. The summed E-state index contributed by atoms with van der Waals surface area (Å²) in [6.07, 6.45) is 3.42. The van der Waals surface area contributed by atoms with Crippen molar-refractivity contribution in [1.29, 1.82) is 0 Å². The molecule has 0 fully saturated rings. The van der Waals surface area contributed by atoms with Gasteiger partial charge in [0.2, 0.25) is 5.88 Å². The molecular formula is C15H18N2O2S. The van der Waals surface area contributed by atoms with Crippen LogP contribution in [0.5, 0.6) is 5.88 Å². The van der Waals surface area contributed by atoms with Gasteiger partial charge in [-0.15, -0.1) is 0 Å². The van der Waals surface area contributed by atoms with Crippen LogP contribution in [-0.2, 0) is 10.8 Å². The average Bonchev–Trinajstić information content (AvgIpc) is 2.48. The third-order valence-electron chi connectivity index (χ3n) is 3.04. The second-order valence-electron chi connectivity index (χ2n) is 4.48. The lowest BCUT2D eigenvalue weighted by atomic mass is 10.1. The summed E-state index contributed by atoms with van der Waals surface area (Å²) in [4.78, 5) is 5.00. The number of methoxy groups -OCH3 is 1. The number of benzene rings is 1. The summed E-state index contributed by atoms with van der Waals surface area (Å²) in [5.41, 5.74) is 2.07. The fraction of sp³-hybridized carbons (Fsp3) is 0.267. The lowest BCUT2D eigenvalue weighted by Gasteiger charge is -2.16. The number of nitrogens with one attached hydrogen (secondary N) is 1. The molecule has 1 heterocycles. The quantitative estimate of drug-likeness (QED) is 0.919. The highest BCUT2D eigenvalue weighted by Crippen LogP contribution is 2.20. The van der Waals surface area contributed by atoms with Gasteiger partial charge in [-0.1, -0.05) is 12.1 Å². The maximum atomic E-state index is 11.4. The van der Waals surface area contributed by atoms with Gasteiger partial charge in [0.1, 0.15) is 0 Å². The summed E-state index contributed by atoms with van der Waals surface area (Å²) in [5.74, 6) is 0.595. The van der Waals surface area contributed by atoms with Gasteiger partial charge in [0.05, 0.1) is 19.0 Å². The Hall–Kier alpha value is -1.88. The molecule has 106 valence electrons. The van der Waals surface area contributed by atoms with Crippen molar-refractivity contribution < 1.29 is 8.95 Å². The van der Waals surface area contributed by atoms with Crippen LogP contribution in [0.25, 0.3) is 0 Å². The number of ether oxygens (including phenoxy) is 1. The Balaban J connectivity index is 2.06. The van der Waals surface area contributed by atoms with E-state index < -0.39 is 10.8 Å². The summed E-state index contributed by atoms with van der Waals surface area (Å²) in [5, 5.41) is 3.36. The van der Waals surface area contributed by atoms with Gasteiger partial charge >= 0.3 is 0 Å². The van der Waals surface area contributed by atoms with Gasteiger partial charge < -0.3 is 10.1 Å². The van der Waals surface area contributed by atoms with Crippen molar-refractivity contribution in [2.45, 2.75) is 17.9 Å². The highest BCUT2D eigenvalue weighted by molar-refractivity contribution is 7.84. The molecule has 1 N–H and O–H groups in total. The third kappa shape index (κ3) is 3.57. The first-order chi connectivity index (χ1) is 9.60. The molecule has 0 unspecified atom stereocenters. The summed E-state index contributed by atoms with van der Waals surface area (Å²) in [7, 11) is 0.658. The molecule has 2 aromatic rings. The molecule has 0 aliphatic carbocycles. The summed E-state index contributed by atoms with van der Waals surface area (Å²) >= 11 is 0. The zero-order valence-electron chi connectivity index (χ0n) is 11.8. The zero-order valence-corrected chi connectivity index (χ0v) is 12.6. The molecule has 20 heavy (non-hydrogen) atoms. The first kappa shape index (κ1) is 14.5. The minimum absolute atomic E-state index is 0.143. The molecule has 2 atom stereocenters.